The fraction of sp³-hybridized carbons (Fsp3) is 0.571. The van der Waals surface area contributed by atoms with Crippen LogP contribution in [0.4, 0.5) is 0 Å². The lowest BCUT2D eigenvalue weighted by atomic mass is 9.93. The normalized spacial score (nSPS) is 11.8. The van der Waals surface area contributed by atoms with Crippen LogP contribution in [0.1, 0.15) is 37.8 Å². The zero-order chi connectivity index (χ0) is 12.9. The Bertz CT molecular complexity index is 353. The van der Waals surface area contributed by atoms with Crippen LogP contribution >= 0.6 is 11.6 Å². The number of aliphatic hydroxyl groups excluding tert-OH is 1. The number of nitrogens with one attached hydrogen (secondary N) is 1. The molecule has 0 aliphatic rings. The van der Waals surface area contributed by atoms with Gasteiger partial charge in [-0.25, -0.2) is 0 Å². The van der Waals surface area contributed by atoms with E-state index in [0.29, 0.717) is 0 Å². The topological polar surface area (TPSA) is 32.3 Å². The molecule has 17 heavy (non-hydrogen) atoms. The monoisotopic (exact) mass is 255 g/mol. The van der Waals surface area contributed by atoms with Gasteiger partial charge in [0.15, 0.2) is 0 Å². The lowest BCUT2D eigenvalue weighted by Gasteiger charge is -2.31. The van der Waals surface area contributed by atoms with E-state index in [2.05, 4.69) is 25.2 Å². The summed E-state index contributed by atoms with van der Waals surface area (Å²) < 4.78 is 0. The molecule has 0 radical (unpaired) electrons. The Morgan fingerprint density at radius 3 is 2.41 bits per heavy atom. The Morgan fingerprint density at radius 2 is 1.94 bits per heavy atom. The summed E-state index contributed by atoms with van der Waals surface area (Å²) in [4.78, 5) is 0. The smallest absolute Gasteiger partial charge is 0.0613 e. The zero-order valence-corrected chi connectivity index (χ0v) is 11.6. The Kier molecular flexibility index (Phi) is 5.44. The first-order chi connectivity index (χ1) is 8.06. The number of rotatable bonds is 6. The van der Waals surface area contributed by atoms with Gasteiger partial charge in [0.1, 0.15) is 0 Å². The third-order valence-corrected chi connectivity index (χ3v) is 3.97. The summed E-state index contributed by atoms with van der Waals surface area (Å²) in [6, 6.07) is 6.08. The van der Waals surface area contributed by atoms with Crippen molar-refractivity contribution in [2.24, 2.45) is 0 Å². The highest BCUT2D eigenvalue weighted by Crippen LogP contribution is 2.19. The lowest BCUT2D eigenvalue weighted by Crippen LogP contribution is -2.47. The fourth-order valence-corrected chi connectivity index (χ4v) is 2.02. The van der Waals surface area contributed by atoms with E-state index in [0.717, 1.165) is 35.5 Å². The molecule has 0 amide bonds. The van der Waals surface area contributed by atoms with Gasteiger partial charge in [-0.3, -0.25) is 0 Å². The van der Waals surface area contributed by atoms with E-state index >= 15 is 0 Å². The molecule has 0 fully saturated rings. The van der Waals surface area contributed by atoms with Gasteiger partial charge in [-0.15, -0.1) is 0 Å². The van der Waals surface area contributed by atoms with Gasteiger partial charge < -0.3 is 10.4 Å². The minimum atomic E-state index is -0.169. The maximum Gasteiger partial charge on any atom is 0.0613 e. The van der Waals surface area contributed by atoms with Crippen LogP contribution in [0, 0.1) is 6.92 Å². The molecular weight excluding hydrogens is 234 g/mol. The molecule has 1 rings (SSSR count). The third-order valence-electron chi connectivity index (χ3n) is 3.56. The standard InChI is InChI=1S/C14H22ClNO/c1-4-14(5-2,10-17)16-9-12-7-6-11(3)13(15)8-12/h6-8,16-17H,4-5,9-10H2,1-3H3. The molecule has 0 spiro atoms. The van der Waals surface area contributed by atoms with E-state index in [9.17, 15) is 5.11 Å². The first kappa shape index (κ1) is 14.5. The number of benzene rings is 1. The summed E-state index contributed by atoms with van der Waals surface area (Å²) in [5.41, 5.74) is 2.08. The Labute approximate surface area is 109 Å². The molecule has 0 aliphatic heterocycles. The van der Waals surface area contributed by atoms with Crippen molar-refractivity contribution in [1.29, 1.82) is 0 Å². The molecule has 0 aromatic heterocycles. The molecule has 0 saturated carbocycles. The number of aryl methyl sites for hydroxylation is 1. The summed E-state index contributed by atoms with van der Waals surface area (Å²) in [6.07, 6.45) is 1.83. The molecule has 1 aromatic carbocycles. The van der Waals surface area contributed by atoms with Crippen molar-refractivity contribution in [2.45, 2.75) is 45.7 Å². The zero-order valence-electron chi connectivity index (χ0n) is 10.9. The Morgan fingerprint density at radius 1 is 1.29 bits per heavy atom. The van der Waals surface area contributed by atoms with Crippen LogP contribution in [0.2, 0.25) is 5.02 Å². The van der Waals surface area contributed by atoms with Crippen molar-refractivity contribution in [3.05, 3.63) is 34.3 Å². The van der Waals surface area contributed by atoms with Gasteiger partial charge in [-0.05, 0) is 37.0 Å². The summed E-state index contributed by atoms with van der Waals surface area (Å²) >= 11 is 6.09. The predicted molar refractivity (Wildman–Crippen MR) is 73.4 cm³/mol. The molecule has 0 aliphatic carbocycles. The average Bonchev–Trinajstić information content (AvgIpc) is 2.36. The highest BCUT2D eigenvalue weighted by Gasteiger charge is 2.23. The molecule has 1 aromatic rings. The van der Waals surface area contributed by atoms with E-state index in [1.54, 1.807) is 0 Å². The van der Waals surface area contributed by atoms with Crippen LogP contribution < -0.4 is 5.32 Å². The van der Waals surface area contributed by atoms with Crippen molar-refractivity contribution in [1.82, 2.24) is 5.32 Å². The third kappa shape index (κ3) is 3.70. The highest BCUT2D eigenvalue weighted by atomic mass is 35.5. The number of hydrogen-bond acceptors (Lipinski definition) is 2. The number of halogens is 1. The number of hydrogen-bond donors (Lipinski definition) is 2. The van der Waals surface area contributed by atoms with Gasteiger partial charge >= 0.3 is 0 Å². The summed E-state index contributed by atoms with van der Waals surface area (Å²) in [5, 5.41) is 13.7. The quantitative estimate of drug-likeness (QED) is 0.818. The van der Waals surface area contributed by atoms with E-state index in [1.165, 1.54) is 0 Å². The summed E-state index contributed by atoms with van der Waals surface area (Å²) in [5.74, 6) is 0. The SMILES string of the molecule is CCC(CC)(CO)NCc1ccc(C)c(Cl)c1. The van der Waals surface area contributed by atoms with Crippen LogP contribution in [-0.2, 0) is 6.54 Å². The minimum absolute atomic E-state index is 0.166. The summed E-state index contributed by atoms with van der Waals surface area (Å²) in [6.45, 7) is 7.08. The van der Waals surface area contributed by atoms with Crippen LogP contribution in [0.15, 0.2) is 18.2 Å². The van der Waals surface area contributed by atoms with E-state index < -0.39 is 0 Å². The van der Waals surface area contributed by atoms with Gasteiger partial charge in [0.2, 0.25) is 0 Å². The van der Waals surface area contributed by atoms with Crippen LogP contribution in [0.25, 0.3) is 0 Å². The van der Waals surface area contributed by atoms with Crippen LogP contribution in [0.3, 0.4) is 0 Å². The minimum Gasteiger partial charge on any atom is -0.394 e. The molecule has 0 unspecified atom stereocenters. The fourth-order valence-electron chi connectivity index (χ4n) is 1.82. The summed E-state index contributed by atoms with van der Waals surface area (Å²) in [7, 11) is 0. The second kappa shape index (κ2) is 6.39. The first-order valence-electron chi connectivity index (χ1n) is 6.18. The molecule has 0 atom stereocenters. The van der Waals surface area contributed by atoms with Crippen molar-refractivity contribution in [3.63, 3.8) is 0 Å². The van der Waals surface area contributed by atoms with Crippen LogP contribution in [-0.4, -0.2) is 17.3 Å². The van der Waals surface area contributed by atoms with Crippen LogP contribution in [0.5, 0.6) is 0 Å². The van der Waals surface area contributed by atoms with Gasteiger partial charge in [0.05, 0.1) is 6.61 Å². The maximum atomic E-state index is 9.46. The predicted octanol–water partition coefficient (Wildman–Crippen LogP) is 3.29. The van der Waals surface area contributed by atoms with Crippen molar-refractivity contribution in [3.8, 4) is 0 Å². The molecule has 0 saturated heterocycles. The van der Waals surface area contributed by atoms with Gasteiger partial charge in [-0.2, -0.15) is 0 Å². The molecule has 96 valence electrons. The van der Waals surface area contributed by atoms with Crippen molar-refractivity contribution in [2.75, 3.05) is 6.61 Å². The molecule has 0 bridgehead atoms. The van der Waals surface area contributed by atoms with Gasteiger partial charge in [0, 0.05) is 17.1 Å². The van der Waals surface area contributed by atoms with E-state index in [4.69, 9.17) is 11.6 Å². The van der Waals surface area contributed by atoms with E-state index in [-0.39, 0.29) is 12.1 Å². The molecular formula is C14H22ClNO. The average molecular weight is 256 g/mol. The maximum absolute atomic E-state index is 9.46. The second-order valence-corrected chi connectivity index (χ2v) is 4.99. The Balaban J connectivity index is 2.68. The van der Waals surface area contributed by atoms with Gasteiger partial charge in [0.25, 0.3) is 0 Å². The largest absolute Gasteiger partial charge is 0.394 e. The number of aliphatic hydroxyl groups is 1. The van der Waals surface area contributed by atoms with Gasteiger partial charge in [-0.1, -0.05) is 37.6 Å². The van der Waals surface area contributed by atoms with Crippen molar-refractivity contribution < 1.29 is 5.11 Å². The lowest BCUT2D eigenvalue weighted by molar-refractivity contribution is 0.149. The molecule has 0 heterocycles. The molecule has 3 heteroatoms. The second-order valence-electron chi connectivity index (χ2n) is 4.58. The first-order valence-corrected chi connectivity index (χ1v) is 6.55. The van der Waals surface area contributed by atoms with Crippen molar-refractivity contribution >= 4 is 11.6 Å². The Hall–Kier alpha value is -0.570. The molecule has 2 nitrogen and oxygen atoms in total. The van der Waals surface area contributed by atoms with E-state index in [1.807, 2.05) is 19.1 Å². The highest BCUT2D eigenvalue weighted by molar-refractivity contribution is 6.31. The molecule has 2 N–H and O–H groups in total.